The maximum Gasteiger partial charge on any atom is 0.307 e. The van der Waals surface area contributed by atoms with Crippen LogP contribution < -0.4 is 10.1 Å². The first-order valence-corrected chi connectivity index (χ1v) is 7.88. The minimum Gasteiger partial charge on any atom is -0.215 e. The van der Waals surface area contributed by atoms with E-state index in [0.717, 1.165) is 31.6 Å². The Kier molecular flexibility index (Phi) is 3.72. The van der Waals surface area contributed by atoms with Crippen molar-refractivity contribution < 1.29 is 0 Å². The Morgan fingerprint density at radius 3 is 2.65 bits per heavy atom. The van der Waals surface area contributed by atoms with E-state index < -0.39 is 0 Å². The van der Waals surface area contributed by atoms with Crippen molar-refractivity contribution >= 4 is 29.6 Å². The molecular weight excluding hydrogens is 318 g/mol. The molecule has 0 bridgehead atoms. The third kappa shape index (κ3) is 2.57. The molecular formula is C13H16ClN9. The minimum absolute atomic E-state index is 0.396. The molecule has 120 valence electrons. The van der Waals surface area contributed by atoms with Gasteiger partial charge in [-0.05, 0) is 30.2 Å². The Bertz CT molecular complexity index is 683. The summed E-state index contributed by atoms with van der Waals surface area (Å²) in [7, 11) is 0. The van der Waals surface area contributed by atoms with Gasteiger partial charge in [-0.25, -0.2) is 5.01 Å². The number of hydrogen-bond acceptors (Lipinski definition) is 8. The predicted octanol–water partition coefficient (Wildman–Crippen LogP) is 1.66. The number of hydrazine groups is 3. The first-order valence-electron chi connectivity index (χ1n) is 7.51. The van der Waals surface area contributed by atoms with Crippen LogP contribution in [0.25, 0.3) is 0 Å². The summed E-state index contributed by atoms with van der Waals surface area (Å²) in [6.45, 7) is 1.87. The molecule has 0 atom stereocenters. The lowest BCUT2D eigenvalue weighted by Crippen LogP contribution is -2.55. The van der Waals surface area contributed by atoms with E-state index in [-0.39, 0.29) is 0 Å². The molecule has 1 fully saturated rings. The highest BCUT2D eigenvalue weighted by Crippen LogP contribution is 2.31. The van der Waals surface area contributed by atoms with Crippen LogP contribution in [0.5, 0.6) is 0 Å². The Balaban J connectivity index is 1.69. The molecule has 1 aromatic heterocycles. The van der Waals surface area contributed by atoms with Crippen molar-refractivity contribution in [1.29, 1.82) is 0 Å². The van der Waals surface area contributed by atoms with E-state index in [9.17, 15) is 0 Å². The van der Waals surface area contributed by atoms with Crippen LogP contribution in [0.1, 0.15) is 19.3 Å². The number of halogens is 1. The van der Waals surface area contributed by atoms with E-state index >= 15 is 0 Å². The first kappa shape index (κ1) is 14.2. The molecule has 2 aliphatic heterocycles. The molecule has 2 aromatic rings. The molecule has 1 N–H and O–H groups in total. The summed E-state index contributed by atoms with van der Waals surface area (Å²) < 4.78 is 0. The number of H-pyrrole nitrogens is 1. The highest BCUT2D eigenvalue weighted by atomic mass is 35.5. The Morgan fingerprint density at radius 2 is 1.91 bits per heavy atom. The lowest BCUT2D eigenvalue weighted by Gasteiger charge is -2.39. The van der Waals surface area contributed by atoms with Gasteiger partial charge >= 0.3 is 5.95 Å². The Morgan fingerprint density at radius 1 is 1.09 bits per heavy atom. The zero-order chi connectivity index (χ0) is 15.6. The number of para-hydroxylation sites is 1. The van der Waals surface area contributed by atoms with Crippen molar-refractivity contribution in [1.82, 2.24) is 30.9 Å². The highest BCUT2D eigenvalue weighted by Gasteiger charge is 2.35. The molecule has 23 heavy (non-hydrogen) atoms. The van der Waals surface area contributed by atoms with Gasteiger partial charge in [0.25, 0.3) is 0 Å². The van der Waals surface area contributed by atoms with Gasteiger partial charge in [0, 0.05) is 13.1 Å². The quantitative estimate of drug-likeness (QED) is 0.914. The zero-order valence-electron chi connectivity index (χ0n) is 12.4. The molecule has 10 heteroatoms. The van der Waals surface area contributed by atoms with Gasteiger partial charge in [-0.2, -0.15) is 10.2 Å². The normalized spacial score (nSPS) is 18.9. The monoisotopic (exact) mass is 333 g/mol. The summed E-state index contributed by atoms with van der Waals surface area (Å²) in [6.07, 6.45) is 5.22. The molecule has 9 nitrogen and oxygen atoms in total. The second-order valence-corrected chi connectivity index (χ2v) is 5.72. The van der Waals surface area contributed by atoms with E-state index in [0.29, 0.717) is 11.0 Å². The van der Waals surface area contributed by atoms with Crippen molar-refractivity contribution in [3.63, 3.8) is 0 Å². The van der Waals surface area contributed by atoms with Gasteiger partial charge in [0.15, 0.2) is 0 Å². The number of rotatable bonds is 3. The van der Waals surface area contributed by atoms with Crippen molar-refractivity contribution in [3.8, 4) is 0 Å². The second-order valence-electron chi connectivity index (χ2n) is 5.31. The molecule has 0 amide bonds. The zero-order valence-corrected chi connectivity index (χ0v) is 13.1. The fourth-order valence-corrected chi connectivity index (χ4v) is 2.97. The van der Waals surface area contributed by atoms with Gasteiger partial charge in [0.2, 0.25) is 0 Å². The van der Waals surface area contributed by atoms with Crippen LogP contribution in [0.3, 0.4) is 0 Å². The van der Waals surface area contributed by atoms with E-state index in [1.807, 2.05) is 29.3 Å². The van der Waals surface area contributed by atoms with E-state index in [1.54, 1.807) is 16.7 Å². The smallest absolute Gasteiger partial charge is 0.215 e. The van der Waals surface area contributed by atoms with Gasteiger partial charge in [-0.3, -0.25) is 0 Å². The molecule has 0 unspecified atom stereocenters. The number of tetrazole rings is 1. The lowest BCUT2D eigenvalue weighted by molar-refractivity contribution is -0.0414. The topological polar surface area (TPSA) is 79.8 Å². The summed E-state index contributed by atoms with van der Waals surface area (Å²) in [4.78, 5) is 0. The number of hydrogen-bond donors (Lipinski definition) is 1. The van der Waals surface area contributed by atoms with Crippen molar-refractivity contribution in [2.75, 3.05) is 23.2 Å². The van der Waals surface area contributed by atoms with Gasteiger partial charge in [-0.15, -0.1) is 20.5 Å². The van der Waals surface area contributed by atoms with Gasteiger partial charge in [0.1, 0.15) is 6.34 Å². The highest BCUT2D eigenvalue weighted by molar-refractivity contribution is 6.33. The van der Waals surface area contributed by atoms with E-state index in [4.69, 9.17) is 11.6 Å². The van der Waals surface area contributed by atoms with Crippen LogP contribution in [-0.4, -0.2) is 50.3 Å². The fraction of sp³-hybridized carbons (Fsp3) is 0.385. The van der Waals surface area contributed by atoms with Crippen LogP contribution in [0, 0.1) is 0 Å². The third-order valence-corrected chi connectivity index (χ3v) is 4.16. The largest absolute Gasteiger partial charge is 0.307 e. The van der Waals surface area contributed by atoms with Crippen LogP contribution in [0.2, 0.25) is 5.02 Å². The fourth-order valence-electron chi connectivity index (χ4n) is 2.75. The molecule has 0 saturated carbocycles. The molecule has 0 radical (unpaired) electrons. The van der Waals surface area contributed by atoms with Crippen LogP contribution in [-0.2, 0) is 0 Å². The predicted molar refractivity (Wildman–Crippen MR) is 86.3 cm³/mol. The lowest BCUT2D eigenvalue weighted by atomic mass is 10.2. The minimum atomic E-state index is 0.396. The van der Waals surface area contributed by atoms with Gasteiger partial charge < -0.3 is 0 Å². The van der Waals surface area contributed by atoms with Crippen molar-refractivity contribution in [2.24, 2.45) is 5.10 Å². The Labute approximate surface area is 138 Å². The standard InChI is InChI=1S/C13H16ClN9/c14-11-6-2-3-7-12(11)21-10-15-23(20-8-4-1-5-9-20)22(21)13-16-18-19-17-13/h2-3,6-7,10H,1,4-5,8-9H2,(H,16,17,18,19). The summed E-state index contributed by atoms with van der Waals surface area (Å²) in [5, 5.41) is 26.9. The van der Waals surface area contributed by atoms with Crippen LogP contribution in [0.15, 0.2) is 29.4 Å². The third-order valence-electron chi connectivity index (χ3n) is 3.84. The summed E-state index contributed by atoms with van der Waals surface area (Å²) >= 11 is 6.34. The molecule has 1 saturated heterocycles. The molecule has 3 heterocycles. The SMILES string of the molecule is Clc1ccccc1N1C=NN(N2CCCCC2)N1c1nn[nH]n1. The van der Waals surface area contributed by atoms with E-state index in [2.05, 4.69) is 30.7 Å². The van der Waals surface area contributed by atoms with Crippen molar-refractivity contribution in [3.05, 3.63) is 29.3 Å². The second kappa shape index (κ2) is 6.01. The number of anilines is 2. The average Bonchev–Trinajstić information content (AvgIpc) is 3.25. The maximum absolute atomic E-state index is 6.34. The average molecular weight is 334 g/mol. The van der Waals surface area contributed by atoms with Crippen molar-refractivity contribution in [2.45, 2.75) is 19.3 Å². The summed E-state index contributed by atoms with van der Waals surface area (Å²) in [6, 6.07) is 7.57. The Hall–Kier alpha value is -2.39. The maximum atomic E-state index is 6.34. The number of aromatic amines is 1. The number of aromatic nitrogens is 4. The van der Waals surface area contributed by atoms with Crippen LogP contribution >= 0.6 is 11.6 Å². The van der Waals surface area contributed by atoms with Gasteiger partial charge in [-0.1, -0.05) is 35.3 Å². The summed E-state index contributed by atoms with van der Waals surface area (Å²) in [5.41, 5.74) is 0.794. The number of nitrogens with zero attached hydrogens (tertiary/aromatic N) is 8. The number of benzene rings is 1. The number of piperidine rings is 1. The first-order chi connectivity index (χ1) is 11.3. The van der Waals surface area contributed by atoms with Crippen LogP contribution in [0.4, 0.5) is 11.6 Å². The molecule has 0 spiro atoms. The van der Waals surface area contributed by atoms with Gasteiger partial charge in [0.05, 0.1) is 10.7 Å². The molecule has 4 rings (SSSR count). The van der Waals surface area contributed by atoms with E-state index in [1.165, 1.54) is 6.42 Å². The number of nitrogens with one attached hydrogen (secondary N) is 1. The number of hydrazone groups is 1. The summed E-state index contributed by atoms with van der Waals surface area (Å²) in [5.74, 6) is 0.396. The molecule has 1 aromatic carbocycles. The molecule has 2 aliphatic rings. The molecule has 0 aliphatic carbocycles.